The van der Waals surface area contributed by atoms with Gasteiger partial charge in [0.15, 0.2) is 6.10 Å². The first-order valence-electron chi connectivity index (χ1n) is 28.3. The van der Waals surface area contributed by atoms with E-state index in [0.717, 1.165) is 109 Å². The van der Waals surface area contributed by atoms with Crippen LogP contribution in [0.4, 0.5) is 0 Å². The third-order valence-corrected chi connectivity index (χ3v) is 12.3. The second-order valence-corrected chi connectivity index (χ2v) is 18.8. The molecule has 0 saturated heterocycles. The van der Waals surface area contributed by atoms with E-state index in [4.69, 9.17) is 14.2 Å². The zero-order valence-corrected chi connectivity index (χ0v) is 43.7. The zero-order valence-electron chi connectivity index (χ0n) is 43.7. The maximum absolute atomic E-state index is 12.8. The van der Waals surface area contributed by atoms with Crippen LogP contribution in [0.25, 0.3) is 0 Å². The van der Waals surface area contributed by atoms with Gasteiger partial charge >= 0.3 is 17.9 Å². The molecule has 0 aromatic heterocycles. The number of rotatable bonds is 51. The van der Waals surface area contributed by atoms with E-state index in [2.05, 4.69) is 81.5 Å². The van der Waals surface area contributed by atoms with E-state index in [9.17, 15) is 14.4 Å². The summed E-state index contributed by atoms with van der Waals surface area (Å²) in [6.07, 6.45) is 67.8. The molecule has 0 spiro atoms. The predicted octanol–water partition coefficient (Wildman–Crippen LogP) is 18.8. The Bertz CT molecular complexity index is 1200. The Hall–Kier alpha value is -2.89. The van der Waals surface area contributed by atoms with E-state index in [1.165, 1.54) is 135 Å². The lowest BCUT2D eigenvalue weighted by atomic mass is 10.0. The maximum Gasteiger partial charge on any atom is 0.306 e. The van der Waals surface area contributed by atoms with Crippen LogP contribution in [0.2, 0.25) is 0 Å². The Balaban J connectivity index is 4.35. The largest absolute Gasteiger partial charge is 0.462 e. The van der Waals surface area contributed by atoms with E-state index < -0.39 is 6.10 Å². The lowest BCUT2D eigenvalue weighted by Crippen LogP contribution is -2.30. The highest BCUT2D eigenvalue weighted by Gasteiger charge is 2.19. The molecule has 0 aliphatic carbocycles. The average molecular weight is 924 g/mol. The maximum atomic E-state index is 12.8. The molecule has 1 atom stereocenters. The highest BCUT2D eigenvalue weighted by Crippen LogP contribution is 2.16. The Morgan fingerprint density at radius 1 is 0.318 bits per heavy atom. The van der Waals surface area contributed by atoms with Gasteiger partial charge in [0, 0.05) is 19.3 Å². The van der Waals surface area contributed by atoms with Crippen LogP contribution in [0, 0.1) is 0 Å². The second kappa shape index (κ2) is 54.7. The van der Waals surface area contributed by atoms with Crippen LogP contribution in [0.15, 0.2) is 60.8 Å². The summed E-state index contributed by atoms with van der Waals surface area (Å²) in [6, 6.07) is 0. The molecular formula is C60H106O6. The van der Waals surface area contributed by atoms with Crippen molar-refractivity contribution >= 4 is 17.9 Å². The molecule has 0 heterocycles. The van der Waals surface area contributed by atoms with E-state index in [1.54, 1.807) is 0 Å². The van der Waals surface area contributed by atoms with Crippen molar-refractivity contribution in [2.45, 2.75) is 290 Å². The summed E-state index contributed by atoms with van der Waals surface area (Å²) in [6.45, 7) is 6.53. The van der Waals surface area contributed by atoms with Crippen molar-refractivity contribution in [1.29, 1.82) is 0 Å². The Kier molecular flexibility index (Phi) is 52.3. The molecule has 0 rings (SSSR count). The Morgan fingerprint density at radius 2 is 0.591 bits per heavy atom. The average Bonchev–Trinajstić information content (AvgIpc) is 3.31. The number of unbranched alkanes of at least 4 members (excludes halogenated alkanes) is 30. The Labute approximate surface area is 409 Å². The molecular weight excluding hydrogens is 817 g/mol. The zero-order chi connectivity index (χ0) is 47.9. The van der Waals surface area contributed by atoms with Gasteiger partial charge in [-0.1, -0.05) is 261 Å². The van der Waals surface area contributed by atoms with Crippen LogP contribution < -0.4 is 0 Å². The summed E-state index contributed by atoms with van der Waals surface area (Å²) >= 11 is 0. The summed E-state index contributed by atoms with van der Waals surface area (Å²) in [7, 11) is 0. The van der Waals surface area contributed by atoms with Crippen molar-refractivity contribution < 1.29 is 28.6 Å². The van der Waals surface area contributed by atoms with Crippen LogP contribution in [0.3, 0.4) is 0 Å². The molecule has 0 aliphatic rings. The van der Waals surface area contributed by atoms with Crippen LogP contribution in [-0.4, -0.2) is 37.2 Å². The first-order chi connectivity index (χ1) is 32.5. The third-order valence-electron chi connectivity index (χ3n) is 12.3. The molecule has 0 saturated carbocycles. The van der Waals surface area contributed by atoms with Gasteiger partial charge in [0.05, 0.1) is 0 Å². The number of ether oxygens (including phenoxy) is 3. The minimum atomic E-state index is -0.778. The van der Waals surface area contributed by atoms with E-state index in [1.807, 2.05) is 0 Å². The molecule has 0 bridgehead atoms. The monoisotopic (exact) mass is 923 g/mol. The van der Waals surface area contributed by atoms with Crippen LogP contribution in [0.1, 0.15) is 284 Å². The van der Waals surface area contributed by atoms with E-state index in [0.29, 0.717) is 19.3 Å². The van der Waals surface area contributed by atoms with Crippen LogP contribution >= 0.6 is 0 Å². The number of esters is 3. The number of hydrogen-bond donors (Lipinski definition) is 0. The van der Waals surface area contributed by atoms with Gasteiger partial charge in [-0.25, -0.2) is 0 Å². The first kappa shape index (κ1) is 63.1. The minimum absolute atomic E-state index is 0.0767. The van der Waals surface area contributed by atoms with Crippen molar-refractivity contribution in [3.8, 4) is 0 Å². The van der Waals surface area contributed by atoms with Gasteiger partial charge in [0.2, 0.25) is 0 Å². The summed E-state index contributed by atoms with van der Waals surface area (Å²) in [5, 5.41) is 0. The minimum Gasteiger partial charge on any atom is -0.462 e. The molecule has 0 aromatic carbocycles. The van der Waals surface area contributed by atoms with Gasteiger partial charge < -0.3 is 14.2 Å². The van der Waals surface area contributed by atoms with E-state index in [-0.39, 0.29) is 31.1 Å². The lowest BCUT2D eigenvalue weighted by Gasteiger charge is -2.18. The van der Waals surface area contributed by atoms with Crippen molar-refractivity contribution in [3.05, 3.63) is 60.8 Å². The smallest absolute Gasteiger partial charge is 0.306 e. The highest BCUT2D eigenvalue weighted by atomic mass is 16.6. The van der Waals surface area contributed by atoms with Crippen molar-refractivity contribution in [3.63, 3.8) is 0 Å². The predicted molar refractivity (Wildman–Crippen MR) is 284 cm³/mol. The van der Waals surface area contributed by atoms with Gasteiger partial charge in [0.1, 0.15) is 13.2 Å². The highest BCUT2D eigenvalue weighted by molar-refractivity contribution is 5.71. The van der Waals surface area contributed by atoms with Gasteiger partial charge in [-0.2, -0.15) is 0 Å². The van der Waals surface area contributed by atoms with Gasteiger partial charge in [-0.15, -0.1) is 0 Å². The normalized spacial score (nSPS) is 12.5. The number of hydrogen-bond acceptors (Lipinski definition) is 6. The van der Waals surface area contributed by atoms with Gasteiger partial charge in [0.25, 0.3) is 0 Å². The van der Waals surface area contributed by atoms with Crippen LogP contribution in [-0.2, 0) is 28.6 Å². The molecule has 0 N–H and O–H groups in total. The number of allylic oxidation sites excluding steroid dienone is 10. The van der Waals surface area contributed by atoms with Crippen molar-refractivity contribution in [2.24, 2.45) is 0 Å². The Morgan fingerprint density at radius 3 is 0.924 bits per heavy atom. The fourth-order valence-corrected chi connectivity index (χ4v) is 8.06. The molecule has 6 heteroatoms. The quantitative estimate of drug-likeness (QED) is 0.0262. The summed E-state index contributed by atoms with van der Waals surface area (Å²) in [5.41, 5.74) is 0. The molecule has 0 aliphatic heterocycles. The molecule has 0 radical (unpaired) electrons. The standard InChI is InChI=1S/C60H106O6/c1-4-7-10-13-16-19-22-24-26-28-29-30-31-32-34-35-38-41-44-47-50-53-59(62)65-56-57(55-64-58(61)52-49-46-43-40-37-21-18-15-12-9-6-3)66-60(63)54-51-48-45-42-39-36-33-27-25-23-20-17-14-11-8-5-2/h7,10,16,19,24,26,29-30,32,34,57H,4-6,8-9,11-15,17-18,20-23,25,27-28,31,33,35-56H2,1-3H3/b10-7-,19-16-,26-24-,30-29-,34-32-. The van der Waals surface area contributed by atoms with Crippen LogP contribution in [0.5, 0.6) is 0 Å². The third kappa shape index (κ3) is 52.1. The number of carbonyl (C=O) groups is 3. The van der Waals surface area contributed by atoms with Gasteiger partial charge in [-0.3, -0.25) is 14.4 Å². The first-order valence-corrected chi connectivity index (χ1v) is 28.3. The van der Waals surface area contributed by atoms with Crippen molar-refractivity contribution in [1.82, 2.24) is 0 Å². The van der Waals surface area contributed by atoms with E-state index >= 15 is 0 Å². The fraction of sp³-hybridized carbons (Fsp3) is 0.783. The number of carbonyl (C=O) groups excluding carboxylic acids is 3. The molecule has 66 heavy (non-hydrogen) atoms. The van der Waals surface area contributed by atoms with Gasteiger partial charge in [-0.05, 0) is 64.2 Å². The fourth-order valence-electron chi connectivity index (χ4n) is 8.06. The lowest BCUT2D eigenvalue weighted by molar-refractivity contribution is -0.167. The second-order valence-electron chi connectivity index (χ2n) is 18.8. The summed E-state index contributed by atoms with van der Waals surface area (Å²) in [5.74, 6) is -0.884. The SMILES string of the molecule is CC/C=C\C/C=C\C/C=C\C/C=C\C/C=C\CCCCCCCC(=O)OCC(COC(=O)CCCCCCCCCCCCC)OC(=O)CCCCCCCCCCCCCCCCCC. The molecule has 0 fully saturated rings. The molecule has 0 amide bonds. The molecule has 382 valence electrons. The van der Waals surface area contributed by atoms with Crippen molar-refractivity contribution in [2.75, 3.05) is 13.2 Å². The summed E-state index contributed by atoms with van der Waals surface area (Å²) in [4.78, 5) is 38.1. The molecule has 0 aromatic rings. The molecule has 1 unspecified atom stereocenters. The topological polar surface area (TPSA) is 78.9 Å². The molecule has 6 nitrogen and oxygen atoms in total. The summed E-state index contributed by atoms with van der Waals surface area (Å²) < 4.78 is 16.8.